The molecule has 0 heterocycles. The number of hydrogen-bond acceptors (Lipinski definition) is 2. The molecule has 0 aromatic heterocycles. The van der Waals surface area contributed by atoms with Gasteiger partial charge in [0.25, 0.3) is 0 Å². The van der Waals surface area contributed by atoms with Gasteiger partial charge in [-0.2, -0.15) is 0 Å². The van der Waals surface area contributed by atoms with E-state index in [4.69, 9.17) is 5.11 Å². The molecule has 16 heavy (non-hydrogen) atoms. The zero-order valence-electron chi connectivity index (χ0n) is 8.88. The summed E-state index contributed by atoms with van der Waals surface area (Å²) >= 11 is 0. The van der Waals surface area contributed by atoms with Crippen LogP contribution in [0.4, 0.5) is 5.69 Å². The molecule has 0 amide bonds. The van der Waals surface area contributed by atoms with Crippen molar-refractivity contribution in [3.05, 3.63) is 65.7 Å². The molecule has 0 aliphatic heterocycles. The van der Waals surface area contributed by atoms with Gasteiger partial charge in [0.2, 0.25) is 0 Å². The summed E-state index contributed by atoms with van der Waals surface area (Å²) in [5.74, 6) is 0. The van der Waals surface area contributed by atoms with Crippen LogP contribution in [0.5, 0.6) is 0 Å². The smallest absolute Gasteiger partial charge is 0.0702 e. The topological polar surface area (TPSA) is 32.6 Å². The van der Waals surface area contributed by atoms with Gasteiger partial charge >= 0.3 is 0 Å². The highest BCUT2D eigenvalue weighted by atomic mass is 16.3. The average molecular weight is 211 g/mol. The maximum absolute atomic E-state index is 9.14. The van der Waals surface area contributed by atoms with E-state index in [0.29, 0.717) is 0 Å². The van der Waals surface area contributed by atoms with Crippen molar-refractivity contribution in [2.75, 3.05) is 0 Å². The van der Waals surface area contributed by atoms with Crippen LogP contribution in [0.2, 0.25) is 0 Å². The Morgan fingerprint density at radius 1 is 0.938 bits per heavy atom. The molecule has 1 N–H and O–H groups in total. The van der Waals surface area contributed by atoms with E-state index in [9.17, 15) is 0 Å². The molecule has 0 saturated heterocycles. The molecular formula is C14H13NO. The van der Waals surface area contributed by atoms with Crippen LogP contribution in [-0.2, 0) is 6.61 Å². The molecule has 2 nitrogen and oxygen atoms in total. The molecule has 0 aliphatic rings. The van der Waals surface area contributed by atoms with Crippen LogP contribution in [0.3, 0.4) is 0 Å². The molecule has 0 aliphatic carbocycles. The summed E-state index contributed by atoms with van der Waals surface area (Å²) in [5, 5.41) is 9.14. The zero-order chi connectivity index (χ0) is 11.2. The molecule has 0 bridgehead atoms. The molecule has 2 aromatic carbocycles. The van der Waals surface area contributed by atoms with Crippen molar-refractivity contribution in [3.8, 4) is 0 Å². The monoisotopic (exact) mass is 211 g/mol. The Hall–Kier alpha value is -1.93. The Kier molecular flexibility index (Phi) is 3.46. The summed E-state index contributed by atoms with van der Waals surface area (Å²) in [6.45, 7) is 0.0162. The van der Waals surface area contributed by atoms with Gasteiger partial charge < -0.3 is 5.11 Å². The number of aliphatic imine (C=N–C) groups is 1. The SMILES string of the molecule is OCc1ccccc1N=Cc1ccccc1. The fourth-order valence-corrected chi connectivity index (χ4v) is 1.45. The molecule has 2 heteroatoms. The van der Waals surface area contributed by atoms with Gasteiger partial charge in [0, 0.05) is 11.8 Å². The minimum absolute atomic E-state index is 0.0162. The first kappa shape index (κ1) is 10.6. The molecule has 0 unspecified atom stereocenters. The lowest BCUT2D eigenvalue weighted by Crippen LogP contribution is -1.84. The summed E-state index contributed by atoms with van der Waals surface area (Å²) in [4.78, 5) is 4.36. The fraction of sp³-hybridized carbons (Fsp3) is 0.0714. The van der Waals surface area contributed by atoms with Crippen LogP contribution in [0.25, 0.3) is 0 Å². The quantitative estimate of drug-likeness (QED) is 0.778. The van der Waals surface area contributed by atoms with Crippen LogP contribution in [0.1, 0.15) is 11.1 Å². The Balaban J connectivity index is 2.24. The highest BCUT2D eigenvalue weighted by molar-refractivity contribution is 5.82. The van der Waals surface area contributed by atoms with E-state index < -0.39 is 0 Å². The Labute approximate surface area is 94.9 Å². The van der Waals surface area contributed by atoms with E-state index in [0.717, 1.165) is 16.8 Å². The highest BCUT2D eigenvalue weighted by Crippen LogP contribution is 2.18. The molecule has 0 fully saturated rings. The second-order valence-corrected chi connectivity index (χ2v) is 3.46. The highest BCUT2D eigenvalue weighted by Gasteiger charge is 1.96. The maximum atomic E-state index is 9.14. The molecule has 0 spiro atoms. The van der Waals surface area contributed by atoms with Crippen LogP contribution in [0.15, 0.2) is 59.6 Å². The van der Waals surface area contributed by atoms with E-state index in [-0.39, 0.29) is 6.61 Å². The second-order valence-electron chi connectivity index (χ2n) is 3.46. The van der Waals surface area contributed by atoms with Crippen molar-refractivity contribution in [2.24, 2.45) is 4.99 Å². The van der Waals surface area contributed by atoms with Crippen molar-refractivity contribution in [1.82, 2.24) is 0 Å². The first-order valence-corrected chi connectivity index (χ1v) is 5.18. The predicted octanol–water partition coefficient (Wildman–Crippen LogP) is 2.93. The first-order valence-electron chi connectivity index (χ1n) is 5.18. The summed E-state index contributed by atoms with van der Waals surface area (Å²) in [6.07, 6.45) is 1.80. The van der Waals surface area contributed by atoms with E-state index in [1.165, 1.54) is 0 Å². The Bertz CT molecular complexity index is 477. The van der Waals surface area contributed by atoms with E-state index in [1.54, 1.807) is 6.21 Å². The van der Waals surface area contributed by atoms with Gasteiger partial charge in [-0.3, -0.25) is 4.99 Å². The van der Waals surface area contributed by atoms with Crippen molar-refractivity contribution in [1.29, 1.82) is 0 Å². The Morgan fingerprint density at radius 3 is 2.38 bits per heavy atom. The first-order chi connectivity index (χ1) is 7.90. The van der Waals surface area contributed by atoms with Gasteiger partial charge in [-0.25, -0.2) is 0 Å². The Morgan fingerprint density at radius 2 is 1.62 bits per heavy atom. The largest absolute Gasteiger partial charge is 0.392 e. The standard InChI is InChI=1S/C14H13NO/c16-11-13-8-4-5-9-14(13)15-10-12-6-2-1-3-7-12/h1-10,16H,11H2. The van der Waals surface area contributed by atoms with Crippen molar-refractivity contribution in [2.45, 2.75) is 6.61 Å². The molecule has 0 saturated carbocycles. The van der Waals surface area contributed by atoms with Gasteiger partial charge in [0.15, 0.2) is 0 Å². The van der Waals surface area contributed by atoms with Gasteiger partial charge in [0.1, 0.15) is 0 Å². The second kappa shape index (κ2) is 5.24. The third kappa shape index (κ3) is 2.55. The molecular weight excluding hydrogens is 198 g/mol. The number of aliphatic hydroxyl groups excluding tert-OH is 1. The van der Waals surface area contributed by atoms with Gasteiger partial charge in [-0.05, 0) is 11.6 Å². The van der Waals surface area contributed by atoms with Crippen molar-refractivity contribution < 1.29 is 5.11 Å². The van der Waals surface area contributed by atoms with Crippen LogP contribution in [0, 0.1) is 0 Å². The normalized spacial score (nSPS) is 10.8. The van der Waals surface area contributed by atoms with Gasteiger partial charge in [0.05, 0.1) is 12.3 Å². The third-order valence-electron chi connectivity index (χ3n) is 2.31. The predicted molar refractivity (Wildman–Crippen MR) is 66.1 cm³/mol. The lowest BCUT2D eigenvalue weighted by Gasteiger charge is -2.00. The van der Waals surface area contributed by atoms with Crippen molar-refractivity contribution in [3.63, 3.8) is 0 Å². The summed E-state index contributed by atoms with van der Waals surface area (Å²) < 4.78 is 0. The summed E-state index contributed by atoms with van der Waals surface area (Å²) in [6, 6.07) is 17.5. The molecule has 2 aromatic rings. The van der Waals surface area contributed by atoms with E-state index in [2.05, 4.69) is 4.99 Å². The van der Waals surface area contributed by atoms with Crippen LogP contribution < -0.4 is 0 Å². The summed E-state index contributed by atoms with van der Waals surface area (Å²) in [5.41, 5.74) is 2.71. The molecule has 0 atom stereocenters. The van der Waals surface area contributed by atoms with E-state index >= 15 is 0 Å². The molecule has 0 radical (unpaired) electrons. The number of rotatable bonds is 3. The number of nitrogens with zero attached hydrogens (tertiary/aromatic N) is 1. The molecule has 2 rings (SSSR count). The van der Waals surface area contributed by atoms with Gasteiger partial charge in [-0.15, -0.1) is 0 Å². The zero-order valence-corrected chi connectivity index (χ0v) is 8.88. The average Bonchev–Trinajstić information content (AvgIpc) is 2.38. The maximum Gasteiger partial charge on any atom is 0.0702 e. The lowest BCUT2D eigenvalue weighted by molar-refractivity contribution is 0.282. The minimum Gasteiger partial charge on any atom is -0.392 e. The molecule has 80 valence electrons. The number of hydrogen-bond donors (Lipinski definition) is 1. The van der Waals surface area contributed by atoms with Crippen molar-refractivity contribution >= 4 is 11.9 Å². The third-order valence-corrected chi connectivity index (χ3v) is 2.31. The number of benzene rings is 2. The fourth-order valence-electron chi connectivity index (χ4n) is 1.45. The van der Waals surface area contributed by atoms with Crippen LogP contribution >= 0.6 is 0 Å². The lowest BCUT2D eigenvalue weighted by atomic mass is 10.2. The van der Waals surface area contributed by atoms with Gasteiger partial charge in [-0.1, -0.05) is 48.5 Å². The van der Waals surface area contributed by atoms with E-state index in [1.807, 2.05) is 54.6 Å². The number of aliphatic hydroxyl groups is 1. The minimum atomic E-state index is 0.0162. The summed E-state index contributed by atoms with van der Waals surface area (Å²) in [7, 11) is 0. The van der Waals surface area contributed by atoms with Crippen LogP contribution in [-0.4, -0.2) is 11.3 Å². The number of para-hydroxylation sites is 1.